The number of hydrogen-bond acceptors (Lipinski definition) is 3. The van der Waals surface area contributed by atoms with E-state index in [9.17, 15) is 9.90 Å². The van der Waals surface area contributed by atoms with Gasteiger partial charge in [-0.3, -0.25) is 0 Å². The summed E-state index contributed by atoms with van der Waals surface area (Å²) in [7, 11) is 0. The van der Waals surface area contributed by atoms with Crippen LogP contribution in [-0.4, -0.2) is 33.7 Å². The number of fused-ring (bicyclic) bond motifs is 3. The van der Waals surface area contributed by atoms with Crippen molar-refractivity contribution in [2.24, 2.45) is 0 Å². The van der Waals surface area contributed by atoms with Gasteiger partial charge in [0.1, 0.15) is 0 Å². The van der Waals surface area contributed by atoms with Gasteiger partial charge in [0.25, 0.3) is 0 Å². The van der Waals surface area contributed by atoms with Crippen molar-refractivity contribution < 1.29 is 9.90 Å². The number of amides is 1. The molecule has 4 nitrogen and oxygen atoms in total. The van der Waals surface area contributed by atoms with Crippen LogP contribution in [0.1, 0.15) is 59.3 Å². The molecular formula is C25H26N2O2S. The van der Waals surface area contributed by atoms with Gasteiger partial charge in [-0.05, 0) is 54.9 Å². The minimum Gasteiger partial charge on any atom is -0.465 e. The molecule has 1 amide bonds. The van der Waals surface area contributed by atoms with Crippen LogP contribution in [0.5, 0.6) is 0 Å². The van der Waals surface area contributed by atoms with Crippen molar-refractivity contribution in [3.63, 3.8) is 0 Å². The molecule has 0 aliphatic heterocycles. The van der Waals surface area contributed by atoms with E-state index >= 15 is 0 Å². The third kappa shape index (κ3) is 3.41. The van der Waals surface area contributed by atoms with E-state index < -0.39 is 6.09 Å². The molecule has 0 radical (unpaired) electrons. The third-order valence-corrected chi connectivity index (χ3v) is 7.57. The summed E-state index contributed by atoms with van der Waals surface area (Å²) in [6, 6.07) is 16.9. The lowest BCUT2D eigenvalue weighted by atomic mass is 9.83. The predicted molar refractivity (Wildman–Crippen MR) is 120 cm³/mol. The Morgan fingerprint density at radius 2 is 1.63 bits per heavy atom. The lowest BCUT2D eigenvalue weighted by molar-refractivity contribution is 0.106. The zero-order valence-electron chi connectivity index (χ0n) is 17.1. The first-order valence-electron chi connectivity index (χ1n) is 10.7. The normalized spacial score (nSPS) is 20.6. The third-order valence-electron chi connectivity index (χ3n) is 6.78. The number of carbonyl (C=O) groups is 1. The number of hydrogen-bond donors (Lipinski definition) is 1. The Labute approximate surface area is 181 Å². The summed E-state index contributed by atoms with van der Waals surface area (Å²) in [5, 5.41) is 13.4. The molecule has 1 N–H and O–H groups in total. The average molecular weight is 419 g/mol. The zero-order valence-corrected chi connectivity index (χ0v) is 17.9. The Hall–Kier alpha value is -2.66. The quantitative estimate of drug-likeness (QED) is 0.543. The van der Waals surface area contributed by atoms with Crippen LogP contribution in [0.3, 0.4) is 0 Å². The molecule has 0 bridgehead atoms. The van der Waals surface area contributed by atoms with Crippen LogP contribution >= 0.6 is 11.3 Å². The molecule has 0 spiro atoms. The number of nitrogens with zero attached hydrogens (tertiary/aromatic N) is 2. The molecule has 154 valence electrons. The summed E-state index contributed by atoms with van der Waals surface area (Å²) < 4.78 is 0. The molecule has 1 fully saturated rings. The maximum Gasteiger partial charge on any atom is 0.407 e. The maximum absolute atomic E-state index is 12.3. The Bertz CT molecular complexity index is 1020. The van der Waals surface area contributed by atoms with E-state index in [-0.39, 0.29) is 12.0 Å². The second kappa shape index (κ2) is 7.88. The molecule has 2 aliphatic carbocycles. The van der Waals surface area contributed by atoms with Crippen LogP contribution in [0.2, 0.25) is 0 Å². The van der Waals surface area contributed by atoms with Gasteiger partial charge in [-0.15, -0.1) is 11.3 Å². The fourth-order valence-electron chi connectivity index (χ4n) is 5.29. The summed E-state index contributed by atoms with van der Waals surface area (Å²) in [5.74, 6) is 0.571. The standard InChI is InChI=1S/C25H26N2O2S/c1-16-26-24(15-30-16)17-10-12-18(13-11-17)27(25(28)29)14-23-21-8-4-2-6-19(21)20-7-3-5-9-22(20)23/h2-9,15,17-18,23H,10-14H2,1H3,(H,28,29). The maximum atomic E-state index is 12.3. The van der Waals surface area contributed by atoms with Crippen molar-refractivity contribution >= 4 is 17.4 Å². The van der Waals surface area contributed by atoms with Gasteiger partial charge in [0.05, 0.1) is 10.7 Å². The first-order chi connectivity index (χ1) is 14.6. The lowest BCUT2D eigenvalue weighted by Crippen LogP contribution is -2.43. The van der Waals surface area contributed by atoms with Gasteiger partial charge in [0.15, 0.2) is 0 Å². The minimum atomic E-state index is -0.801. The number of thiazole rings is 1. The molecule has 0 unspecified atom stereocenters. The molecule has 2 aromatic carbocycles. The van der Waals surface area contributed by atoms with E-state index in [0.29, 0.717) is 12.5 Å². The van der Waals surface area contributed by atoms with E-state index in [0.717, 1.165) is 30.7 Å². The van der Waals surface area contributed by atoms with Crippen molar-refractivity contribution in [1.82, 2.24) is 9.88 Å². The van der Waals surface area contributed by atoms with Crippen LogP contribution in [0.25, 0.3) is 11.1 Å². The van der Waals surface area contributed by atoms with Crippen molar-refractivity contribution in [2.75, 3.05) is 6.54 Å². The highest BCUT2D eigenvalue weighted by atomic mass is 32.1. The highest BCUT2D eigenvalue weighted by Crippen LogP contribution is 2.45. The van der Waals surface area contributed by atoms with Gasteiger partial charge in [-0.1, -0.05) is 48.5 Å². The van der Waals surface area contributed by atoms with E-state index in [2.05, 4.69) is 58.9 Å². The molecule has 30 heavy (non-hydrogen) atoms. The lowest BCUT2D eigenvalue weighted by Gasteiger charge is -2.36. The number of benzene rings is 2. The van der Waals surface area contributed by atoms with Crippen LogP contribution in [0.4, 0.5) is 4.79 Å². The van der Waals surface area contributed by atoms with Gasteiger partial charge in [-0.25, -0.2) is 9.78 Å². The smallest absolute Gasteiger partial charge is 0.407 e. The summed E-state index contributed by atoms with van der Waals surface area (Å²) in [5.41, 5.74) is 6.17. The number of carboxylic acid groups (broad SMARTS) is 1. The second-order valence-electron chi connectivity index (χ2n) is 8.46. The number of aryl methyl sites for hydroxylation is 1. The number of aromatic nitrogens is 1. The molecule has 0 atom stereocenters. The van der Waals surface area contributed by atoms with Gasteiger partial charge in [0.2, 0.25) is 0 Å². The van der Waals surface area contributed by atoms with E-state index in [1.807, 2.05) is 6.92 Å². The molecule has 2 aliphatic rings. The Kier molecular flexibility index (Phi) is 5.07. The van der Waals surface area contributed by atoms with Crippen LogP contribution in [0, 0.1) is 6.92 Å². The van der Waals surface area contributed by atoms with Crippen LogP contribution in [-0.2, 0) is 0 Å². The summed E-state index contributed by atoms with van der Waals surface area (Å²) in [6.07, 6.45) is 3.03. The van der Waals surface area contributed by atoms with Crippen LogP contribution in [0.15, 0.2) is 53.9 Å². The van der Waals surface area contributed by atoms with Gasteiger partial charge < -0.3 is 10.0 Å². The molecule has 1 heterocycles. The van der Waals surface area contributed by atoms with Gasteiger partial charge in [-0.2, -0.15) is 0 Å². The molecule has 0 saturated heterocycles. The highest BCUT2D eigenvalue weighted by molar-refractivity contribution is 7.09. The van der Waals surface area contributed by atoms with Crippen molar-refractivity contribution in [3.8, 4) is 11.1 Å². The van der Waals surface area contributed by atoms with E-state index in [4.69, 9.17) is 0 Å². The van der Waals surface area contributed by atoms with Gasteiger partial charge in [0, 0.05) is 29.8 Å². The molecular weight excluding hydrogens is 392 g/mol. The predicted octanol–water partition coefficient (Wildman–Crippen LogP) is 6.27. The van der Waals surface area contributed by atoms with Crippen molar-refractivity contribution in [2.45, 2.75) is 50.5 Å². The average Bonchev–Trinajstić information content (AvgIpc) is 3.34. The molecule has 5 heteroatoms. The zero-order chi connectivity index (χ0) is 20.7. The minimum absolute atomic E-state index is 0.0819. The van der Waals surface area contributed by atoms with Crippen molar-refractivity contribution in [1.29, 1.82) is 0 Å². The highest BCUT2D eigenvalue weighted by Gasteiger charge is 2.35. The monoisotopic (exact) mass is 418 g/mol. The van der Waals surface area contributed by atoms with E-state index in [1.54, 1.807) is 16.2 Å². The molecule has 5 rings (SSSR count). The Morgan fingerprint density at radius 3 is 2.17 bits per heavy atom. The summed E-state index contributed by atoms with van der Waals surface area (Å²) in [6.45, 7) is 2.57. The fraction of sp³-hybridized carbons (Fsp3) is 0.360. The van der Waals surface area contributed by atoms with Gasteiger partial charge >= 0.3 is 6.09 Å². The molecule has 1 aromatic heterocycles. The second-order valence-corrected chi connectivity index (χ2v) is 9.52. The Balaban J connectivity index is 1.36. The first-order valence-corrected chi connectivity index (χ1v) is 11.6. The van der Waals surface area contributed by atoms with Crippen molar-refractivity contribution in [3.05, 3.63) is 75.7 Å². The van der Waals surface area contributed by atoms with E-state index in [1.165, 1.54) is 27.9 Å². The largest absolute Gasteiger partial charge is 0.465 e. The molecule has 3 aromatic rings. The summed E-state index contributed by atoms with van der Waals surface area (Å²) in [4.78, 5) is 18.7. The fourth-order valence-corrected chi connectivity index (χ4v) is 5.98. The van der Waals surface area contributed by atoms with Crippen LogP contribution < -0.4 is 0 Å². The SMILES string of the molecule is Cc1nc(C2CCC(N(CC3c4ccccc4-c4ccccc43)C(=O)O)CC2)cs1. The summed E-state index contributed by atoms with van der Waals surface area (Å²) >= 11 is 1.70. The topological polar surface area (TPSA) is 53.4 Å². The number of rotatable bonds is 4. The molecule has 1 saturated carbocycles. The Morgan fingerprint density at radius 1 is 1.03 bits per heavy atom. The first kappa shape index (κ1) is 19.3.